The molecule has 0 spiro atoms. The second kappa shape index (κ2) is 7.78. The summed E-state index contributed by atoms with van der Waals surface area (Å²) in [5, 5.41) is 3.74. The molecule has 0 bridgehead atoms. The Kier molecular flexibility index (Phi) is 6.68. The van der Waals surface area contributed by atoms with Crippen LogP contribution in [0.2, 0.25) is 0 Å². The second-order valence-corrected chi connectivity index (χ2v) is 6.03. The summed E-state index contributed by atoms with van der Waals surface area (Å²) in [6, 6.07) is 11.8. The third-order valence-electron chi connectivity index (χ3n) is 2.81. The number of rotatable bonds is 7. The monoisotopic (exact) mass is 251 g/mol. The summed E-state index contributed by atoms with van der Waals surface area (Å²) in [7, 11) is 0. The largest absolute Gasteiger partial charge is 0.307 e. The summed E-state index contributed by atoms with van der Waals surface area (Å²) >= 11 is 1.90. The molecule has 1 nitrogen and oxygen atoms in total. The number of benzene rings is 1. The summed E-state index contributed by atoms with van der Waals surface area (Å²) < 4.78 is 0. The fourth-order valence-corrected chi connectivity index (χ4v) is 2.69. The van der Waals surface area contributed by atoms with Gasteiger partial charge in [0.25, 0.3) is 0 Å². The standard InChI is InChI=1S/C15H25NS/c1-12(2)10-15(16-13(3)11-17-4)14-8-6-5-7-9-14/h5-9,12-13,15-16H,10-11H2,1-4H3. The molecule has 0 aliphatic heterocycles. The molecule has 0 fully saturated rings. The smallest absolute Gasteiger partial charge is 0.0325 e. The summed E-state index contributed by atoms with van der Waals surface area (Å²) in [5.41, 5.74) is 1.41. The lowest BCUT2D eigenvalue weighted by Crippen LogP contribution is -2.33. The van der Waals surface area contributed by atoms with Gasteiger partial charge in [0.15, 0.2) is 0 Å². The van der Waals surface area contributed by atoms with E-state index in [0.717, 1.165) is 0 Å². The zero-order valence-corrected chi connectivity index (χ0v) is 12.3. The Morgan fingerprint density at radius 1 is 1.12 bits per heavy atom. The van der Waals surface area contributed by atoms with E-state index in [0.29, 0.717) is 18.0 Å². The van der Waals surface area contributed by atoms with Gasteiger partial charge in [-0.05, 0) is 31.1 Å². The third-order valence-corrected chi connectivity index (χ3v) is 3.64. The van der Waals surface area contributed by atoms with Crippen molar-refractivity contribution in [3.05, 3.63) is 35.9 Å². The molecule has 0 aliphatic rings. The third kappa shape index (κ3) is 5.60. The first-order chi connectivity index (χ1) is 8.13. The predicted octanol–water partition coefficient (Wildman–Crippen LogP) is 4.11. The molecule has 0 aliphatic carbocycles. The number of hydrogen-bond acceptors (Lipinski definition) is 2. The molecule has 0 radical (unpaired) electrons. The Labute approximate surface area is 110 Å². The predicted molar refractivity (Wildman–Crippen MR) is 79.6 cm³/mol. The van der Waals surface area contributed by atoms with Crippen molar-refractivity contribution in [2.24, 2.45) is 5.92 Å². The van der Waals surface area contributed by atoms with Crippen LogP contribution in [0.25, 0.3) is 0 Å². The lowest BCUT2D eigenvalue weighted by molar-refractivity contribution is 0.403. The molecule has 96 valence electrons. The number of nitrogens with one attached hydrogen (secondary N) is 1. The van der Waals surface area contributed by atoms with Crippen molar-refractivity contribution in [2.45, 2.75) is 39.3 Å². The fraction of sp³-hybridized carbons (Fsp3) is 0.600. The summed E-state index contributed by atoms with van der Waals surface area (Å²) in [6.45, 7) is 6.85. The van der Waals surface area contributed by atoms with Crippen LogP contribution in [0.3, 0.4) is 0 Å². The quantitative estimate of drug-likeness (QED) is 0.782. The molecule has 2 unspecified atom stereocenters. The van der Waals surface area contributed by atoms with Gasteiger partial charge in [0.2, 0.25) is 0 Å². The molecule has 0 heterocycles. The van der Waals surface area contributed by atoms with Crippen LogP contribution in [0.15, 0.2) is 30.3 Å². The van der Waals surface area contributed by atoms with E-state index in [1.54, 1.807) is 0 Å². The SMILES string of the molecule is CSCC(C)NC(CC(C)C)c1ccccc1. The Morgan fingerprint density at radius 2 is 1.76 bits per heavy atom. The Bertz CT molecular complexity index is 297. The molecule has 1 aromatic rings. The second-order valence-electron chi connectivity index (χ2n) is 5.12. The number of hydrogen-bond donors (Lipinski definition) is 1. The van der Waals surface area contributed by atoms with Crippen LogP contribution in [0.1, 0.15) is 38.8 Å². The highest BCUT2D eigenvalue weighted by Gasteiger charge is 2.15. The molecule has 0 aromatic heterocycles. The van der Waals surface area contributed by atoms with Gasteiger partial charge in [0, 0.05) is 17.8 Å². The van der Waals surface area contributed by atoms with Gasteiger partial charge in [-0.15, -0.1) is 0 Å². The molecular weight excluding hydrogens is 226 g/mol. The highest BCUT2D eigenvalue weighted by molar-refractivity contribution is 7.98. The molecular formula is C15H25NS. The average molecular weight is 251 g/mol. The first-order valence-corrected chi connectivity index (χ1v) is 7.82. The molecule has 0 amide bonds. The zero-order chi connectivity index (χ0) is 12.7. The van der Waals surface area contributed by atoms with Crippen LogP contribution in [-0.4, -0.2) is 18.1 Å². The first kappa shape index (κ1) is 14.6. The fourth-order valence-electron chi connectivity index (χ4n) is 2.10. The van der Waals surface area contributed by atoms with Crippen LogP contribution in [0, 0.1) is 5.92 Å². The van der Waals surface area contributed by atoms with E-state index in [4.69, 9.17) is 0 Å². The van der Waals surface area contributed by atoms with E-state index in [2.05, 4.69) is 62.7 Å². The van der Waals surface area contributed by atoms with Crippen molar-refractivity contribution >= 4 is 11.8 Å². The first-order valence-electron chi connectivity index (χ1n) is 6.43. The lowest BCUT2D eigenvalue weighted by Gasteiger charge is -2.25. The summed E-state index contributed by atoms with van der Waals surface area (Å²) in [4.78, 5) is 0. The minimum atomic E-state index is 0.485. The minimum absolute atomic E-state index is 0.485. The van der Waals surface area contributed by atoms with E-state index in [1.165, 1.54) is 17.7 Å². The maximum absolute atomic E-state index is 3.74. The van der Waals surface area contributed by atoms with Crippen molar-refractivity contribution < 1.29 is 0 Å². The van der Waals surface area contributed by atoms with E-state index >= 15 is 0 Å². The van der Waals surface area contributed by atoms with E-state index in [9.17, 15) is 0 Å². The van der Waals surface area contributed by atoms with E-state index in [1.807, 2.05) is 11.8 Å². The van der Waals surface area contributed by atoms with E-state index < -0.39 is 0 Å². The van der Waals surface area contributed by atoms with Crippen molar-refractivity contribution in [3.8, 4) is 0 Å². The van der Waals surface area contributed by atoms with Crippen molar-refractivity contribution in [1.82, 2.24) is 5.32 Å². The van der Waals surface area contributed by atoms with Gasteiger partial charge < -0.3 is 5.32 Å². The molecule has 2 heteroatoms. The normalized spacial score (nSPS) is 14.9. The number of thioether (sulfide) groups is 1. The van der Waals surface area contributed by atoms with Crippen molar-refractivity contribution in [2.75, 3.05) is 12.0 Å². The van der Waals surface area contributed by atoms with Gasteiger partial charge in [0.1, 0.15) is 0 Å². The molecule has 17 heavy (non-hydrogen) atoms. The van der Waals surface area contributed by atoms with Crippen LogP contribution in [-0.2, 0) is 0 Å². The minimum Gasteiger partial charge on any atom is -0.307 e. The summed E-state index contributed by atoms with van der Waals surface area (Å²) in [5.74, 6) is 1.88. The molecule has 0 saturated carbocycles. The maximum Gasteiger partial charge on any atom is 0.0325 e. The highest BCUT2D eigenvalue weighted by Crippen LogP contribution is 2.22. The molecule has 1 N–H and O–H groups in total. The molecule has 1 aromatic carbocycles. The van der Waals surface area contributed by atoms with Crippen molar-refractivity contribution in [1.29, 1.82) is 0 Å². The van der Waals surface area contributed by atoms with Gasteiger partial charge >= 0.3 is 0 Å². The summed E-state index contributed by atoms with van der Waals surface area (Å²) in [6.07, 6.45) is 3.36. The Hall–Kier alpha value is -0.470. The molecule has 1 rings (SSSR count). The van der Waals surface area contributed by atoms with Crippen LogP contribution < -0.4 is 5.32 Å². The zero-order valence-electron chi connectivity index (χ0n) is 11.4. The van der Waals surface area contributed by atoms with Gasteiger partial charge in [-0.3, -0.25) is 0 Å². The van der Waals surface area contributed by atoms with Crippen LogP contribution >= 0.6 is 11.8 Å². The van der Waals surface area contributed by atoms with Gasteiger partial charge in [-0.25, -0.2) is 0 Å². The Balaban J connectivity index is 2.67. The maximum atomic E-state index is 3.74. The average Bonchev–Trinajstić information content (AvgIpc) is 2.29. The van der Waals surface area contributed by atoms with Gasteiger partial charge in [-0.2, -0.15) is 11.8 Å². The highest BCUT2D eigenvalue weighted by atomic mass is 32.2. The van der Waals surface area contributed by atoms with E-state index in [-0.39, 0.29) is 0 Å². The topological polar surface area (TPSA) is 12.0 Å². The molecule has 2 atom stereocenters. The lowest BCUT2D eigenvalue weighted by atomic mass is 9.96. The van der Waals surface area contributed by atoms with Crippen molar-refractivity contribution in [3.63, 3.8) is 0 Å². The van der Waals surface area contributed by atoms with Gasteiger partial charge in [-0.1, -0.05) is 44.2 Å². The molecule has 0 saturated heterocycles. The van der Waals surface area contributed by atoms with Crippen LogP contribution in [0.4, 0.5) is 0 Å². The Morgan fingerprint density at radius 3 is 2.29 bits per heavy atom. The van der Waals surface area contributed by atoms with Crippen LogP contribution in [0.5, 0.6) is 0 Å². The van der Waals surface area contributed by atoms with Gasteiger partial charge in [0.05, 0.1) is 0 Å².